The van der Waals surface area contributed by atoms with Gasteiger partial charge >= 0.3 is 0 Å². The fourth-order valence-corrected chi connectivity index (χ4v) is 4.09. The van der Waals surface area contributed by atoms with Crippen molar-refractivity contribution in [2.45, 2.75) is 12.8 Å². The van der Waals surface area contributed by atoms with Gasteiger partial charge in [0, 0.05) is 13.2 Å². The fourth-order valence-electron chi connectivity index (χ4n) is 3.03. The second-order valence-electron chi connectivity index (χ2n) is 5.57. The molecule has 0 spiro atoms. The third-order valence-corrected chi connectivity index (χ3v) is 5.22. The Kier molecular flexibility index (Phi) is 3.27. The molecule has 0 aromatic carbocycles. The quantitative estimate of drug-likeness (QED) is 0.758. The van der Waals surface area contributed by atoms with E-state index in [0.717, 1.165) is 35.2 Å². The van der Waals surface area contributed by atoms with Crippen molar-refractivity contribution in [3.05, 3.63) is 40.5 Å². The molecule has 0 atom stereocenters. The van der Waals surface area contributed by atoms with E-state index in [-0.39, 0.29) is 0 Å². The number of nitrogens with two attached hydrogens (primary N) is 2. The zero-order chi connectivity index (χ0) is 16.8. The predicted molar refractivity (Wildman–Crippen MR) is 91.2 cm³/mol. The average Bonchev–Trinajstić information content (AvgIpc) is 3.11. The molecule has 0 saturated carbocycles. The van der Waals surface area contributed by atoms with Crippen molar-refractivity contribution < 1.29 is 9.53 Å². The Morgan fingerprint density at radius 3 is 3.00 bits per heavy atom. The molecule has 8 heteroatoms. The van der Waals surface area contributed by atoms with Gasteiger partial charge in [-0.15, -0.1) is 0 Å². The first-order valence-corrected chi connectivity index (χ1v) is 8.23. The second kappa shape index (κ2) is 5.34. The largest absolute Gasteiger partial charge is 0.442 e. The Morgan fingerprint density at radius 2 is 2.25 bits per heavy atom. The van der Waals surface area contributed by atoms with E-state index in [2.05, 4.69) is 10.1 Å². The third kappa shape index (κ3) is 2.15. The van der Waals surface area contributed by atoms with Crippen molar-refractivity contribution in [2.75, 3.05) is 5.73 Å². The van der Waals surface area contributed by atoms with Gasteiger partial charge in [-0.05, 0) is 36.1 Å². The molecule has 0 aliphatic heterocycles. The molecule has 24 heavy (non-hydrogen) atoms. The van der Waals surface area contributed by atoms with Crippen molar-refractivity contribution >= 4 is 23.1 Å². The highest BCUT2D eigenvalue weighted by Crippen LogP contribution is 2.48. The van der Waals surface area contributed by atoms with E-state index in [1.807, 2.05) is 13.2 Å². The molecule has 1 aliphatic carbocycles. The minimum absolute atomic E-state index is 0.293. The Hall–Kier alpha value is -2.87. The molecule has 122 valence electrons. The van der Waals surface area contributed by atoms with Crippen LogP contribution in [-0.4, -0.2) is 20.7 Å². The number of thiophene rings is 1. The monoisotopic (exact) mass is 341 g/mol. The van der Waals surface area contributed by atoms with Crippen LogP contribution in [0.1, 0.15) is 20.8 Å². The van der Waals surface area contributed by atoms with Gasteiger partial charge in [-0.25, -0.2) is 4.98 Å². The van der Waals surface area contributed by atoms with Crippen LogP contribution < -0.4 is 16.2 Å². The summed E-state index contributed by atoms with van der Waals surface area (Å²) in [6.45, 7) is 0. The first-order chi connectivity index (χ1) is 11.6. The topological polar surface area (TPSA) is 109 Å². The highest BCUT2D eigenvalue weighted by Gasteiger charge is 2.31. The molecule has 0 saturated heterocycles. The van der Waals surface area contributed by atoms with Gasteiger partial charge in [0.05, 0.1) is 22.3 Å². The van der Waals surface area contributed by atoms with E-state index < -0.39 is 5.91 Å². The lowest BCUT2D eigenvalue weighted by atomic mass is 9.91. The normalized spacial score (nSPS) is 12.5. The summed E-state index contributed by atoms with van der Waals surface area (Å²) in [5.41, 5.74) is 15.3. The van der Waals surface area contributed by atoms with Crippen molar-refractivity contribution in [3.63, 3.8) is 0 Å². The molecule has 7 nitrogen and oxygen atoms in total. The van der Waals surface area contributed by atoms with Crippen LogP contribution >= 0.6 is 11.3 Å². The summed E-state index contributed by atoms with van der Waals surface area (Å²) in [5, 5.41) is 4.92. The number of pyridine rings is 1. The summed E-state index contributed by atoms with van der Waals surface area (Å²) in [4.78, 5) is 16.4. The van der Waals surface area contributed by atoms with Crippen molar-refractivity contribution in [1.29, 1.82) is 0 Å². The van der Waals surface area contributed by atoms with Crippen molar-refractivity contribution in [1.82, 2.24) is 14.8 Å². The van der Waals surface area contributed by atoms with Gasteiger partial charge in [0.1, 0.15) is 0 Å². The van der Waals surface area contributed by atoms with Gasteiger partial charge in [0.2, 0.25) is 0 Å². The van der Waals surface area contributed by atoms with Gasteiger partial charge in [-0.2, -0.15) is 5.10 Å². The molecule has 1 amide bonds. The second-order valence-corrected chi connectivity index (χ2v) is 6.55. The number of hydrogen-bond acceptors (Lipinski definition) is 6. The summed E-state index contributed by atoms with van der Waals surface area (Å²) < 4.78 is 7.80. The number of ether oxygens (including phenoxy) is 1. The van der Waals surface area contributed by atoms with Crippen LogP contribution in [0.3, 0.4) is 0 Å². The molecule has 0 unspecified atom stereocenters. The number of primary amides is 1. The number of amides is 1. The first kappa shape index (κ1) is 14.7. The Bertz CT molecular complexity index is 960. The van der Waals surface area contributed by atoms with E-state index in [4.69, 9.17) is 16.2 Å². The Balaban J connectivity index is 1.91. The van der Waals surface area contributed by atoms with Crippen molar-refractivity contribution in [2.24, 2.45) is 12.8 Å². The average molecular weight is 341 g/mol. The first-order valence-electron chi connectivity index (χ1n) is 7.41. The number of rotatable bonds is 3. The Labute approximate surface area is 141 Å². The smallest absolute Gasteiger partial charge is 0.259 e. The molecule has 0 bridgehead atoms. The van der Waals surface area contributed by atoms with Gasteiger partial charge < -0.3 is 16.2 Å². The standard InChI is InChI=1S/C16H15N5O2S/c1-21-12-8(7-20-21)4-5-9-11(12)16(24-13(9)15(18)22)23-10-3-2-6-19-14(10)17/h2-3,6-7H,4-5H2,1H3,(H2,17,19)(H2,18,22). The number of aryl methyl sites for hydroxylation is 2. The molecule has 1 aliphatic rings. The molecule has 3 heterocycles. The van der Waals surface area contributed by atoms with E-state index >= 15 is 0 Å². The summed E-state index contributed by atoms with van der Waals surface area (Å²) in [6, 6.07) is 3.49. The summed E-state index contributed by atoms with van der Waals surface area (Å²) in [5.74, 6) is 0.295. The minimum atomic E-state index is -0.448. The number of carbonyl (C=O) groups excluding carboxylic acids is 1. The molecule has 3 aromatic rings. The maximum atomic E-state index is 11.9. The SMILES string of the molecule is Cn1ncc2c1-c1c(Oc3cccnc3N)sc(C(N)=O)c1CC2. The summed E-state index contributed by atoms with van der Waals surface area (Å²) in [7, 11) is 1.87. The Morgan fingerprint density at radius 1 is 1.42 bits per heavy atom. The number of nitrogens with zero attached hydrogens (tertiary/aromatic N) is 3. The van der Waals surface area contributed by atoms with Crippen LogP contribution in [0.15, 0.2) is 24.5 Å². The molecule has 4 N–H and O–H groups in total. The van der Waals surface area contributed by atoms with Gasteiger partial charge in [-0.1, -0.05) is 11.3 Å². The van der Waals surface area contributed by atoms with Crippen LogP contribution in [0.4, 0.5) is 5.82 Å². The number of carbonyl (C=O) groups is 1. The van der Waals surface area contributed by atoms with E-state index in [1.54, 1.807) is 23.0 Å². The van der Waals surface area contributed by atoms with Crippen LogP contribution in [0, 0.1) is 0 Å². The van der Waals surface area contributed by atoms with Crippen molar-refractivity contribution in [3.8, 4) is 22.1 Å². The minimum Gasteiger partial charge on any atom is -0.442 e. The summed E-state index contributed by atoms with van der Waals surface area (Å²) >= 11 is 1.24. The molecule has 0 fully saturated rings. The van der Waals surface area contributed by atoms with Crippen LogP contribution in [0.5, 0.6) is 10.8 Å². The van der Waals surface area contributed by atoms with E-state index in [0.29, 0.717) is 21.5 Å². The lowest BCUT2D eigenvalue weighted by Crippen LogP contribution is -2.13. The van der Waals surface area contributed by atoms with Gasteiger partial charge in [0.25, 0.3) is 5.91 Å². The highest BCUT2D eigenvalue weighted by atomic mass is 32.1. The van der Waals surface area contributed by atoms with E-state index in [9.17, 15) is 4.79 Å². The number of nitrogen functional groups attached to an aromatic ring is 1. The number of hydrogen-bond donors (Lipinski definition) is 2. The zero-order valence-electron chi connectivity index (χ0n) is 12.9. The van der Waals surface area contributed by atoms with Crippen LogP contribution in [0.2, 0.25) is 0 Å². The lowest BCUT2D eigenvalue weighted by Gasteiger charge is -2.16. The third-order valence-electron chi connectivity index (χ3n) is 4.10. The van der Waals surface area contributed by atoms with Gasteiger partial charge in [0.15, 0.2) is 16.6 Å². The maximum absolute atomic E-state index is 11.9. The highest BCUT2D eigenvalue weighted by molar-refractivity contribution is 7.16. The van der Waals surface area contributed by atoms with Gasteiger partial charge in [-0.3, -0.25) is 9.48 Å². The predicted octanol–water partition coefficient (Wildman–Crippen LogP) is 2.12. The zero-order valence-corrected chi connectivity index (χ0v) is 13.8. The van der Waals surface area contributed by atoms with Crippen LogP contribution in [-0.2, 0) is 19.9 Å². The summed E-state index contributed by atoms with van der Waals surface area (Å²) in [6.07, 6.45) is 5.00. The molecule has 4 rings (SSSR count). The number of aromatic nitrogens is 3. The lowest BCUT2D eigenvalue weighted by molar-refractivity contribution is 0.100. The van der Waals surface area contributed by atoms with E-state index in [1.165, 1.54) is 11.3 Å². The number of fused-ring (bicyclic) bond motifs is 3. The molecular formula is C16H15N5O2S. The number of anilines is 1. The maximum Gasteiger partial charge on any atom is 0.259 e. The molecule has 3 aromatic heterocycles. The van der Waals surface area contributed by atoms with Crippen LogP contribution in [0.25, 0.3) is 11.3 Å². The fraction of sp³-hybridized carbons (Fsp3) is 0.188. The molecular weight excluding hydrogens is 326 g/mol. The molecule has 0 radical (unpaired) electrons.